The van der Waals surface area contributed by atoms with Crippen molar-refractivity contribution < 1.29 is 19.1 Å². The fourth-order valence-corrected chi connectivity index (χ4v) is 2.98. The van der Waals surface area contributed by atoms with Gasteiger partial charge in [-0.25, -0.2) is 0 Å². The number of aryl methyl sites for hydroxylation is 2. The van der Waals surface area contributed by atoms with Crippen molar-refractivity contribution >= 4 is 23.4 Å². The summed E-state index contributed by atoms with van der Waals surface area (Å²) in [7, 11) is 0. The van der Waals surface area contributed by atoms with Crippen LogP contribution in [0.3, 0.4) is 0 Å². The summed E-state index contributed by atoms with van der Waals surface area (Å²) in [4.78, 5) is 38.0. The van der Waals surface area contributed by atoms with Crippen molar-refractivity contribution in [3.05, 3.63) is 59.7 Å². The first-order chi connectivity index (χ1) is 13.4. The van der Waals surface area contributed by atoms with Crippen LogP contribution in [0.1, 0.15) is 17.5 Å². The van der Waals surface area contributed by atoms with Crippen LogP contribution in [0, 0.1) is 19.8 Å². The van der Waals surface area contributed by atoms with E-state index in [1.807, 2.05) is 56.3 Å². The highest BCUT2D eigenvalue weighted by Crippen LogP contribution is 2.25. The molecular formula is C21H23N3O4. The first-order valence-electron chi connectivity index (χ1n) is 9.07. The molecule has 0 bridgehead atoms. The molecular weight excluding hydrogens is 358 g/mol. The highest BCUT2D eigenvalue weighted by molar-refractivity contribution is 6.00. The largest absolute Gasteiger partial charge is 0.484 e. The maximum Gasteiger partial charge on any atom is 0.276 e. The van der Waals surface area contributed by atoms with Crippen molar-refractivity contribution in [2.24, 2.45) is 5.92 Å². The number of benzene rings is 2. The fourth-order valence-electron chi connectivity index (χ4n) is 2.98. The lowest BCUT2D eigenvalue weighted by Crippen LogP contribution is -2.46. The minimum absolute atomic E-state index is 0.107. The van der Waals surface area contributed by atoms with Gasteiger partial charge in [0.05, 0.1) is 5.92 Å². The first kappa shape index (κ1) is 19.4. The molecule has 0 saturated carbocycles. The number of carbonyl (C=O) groups excluding carboxylic acids is 3. The van der Waals surface area contributed by atoms with Gasteiger partial charge < -0.3 is 9.64 Å². The Hall–Kier alpha value is -3.35. The molecule has 1 aliphatic heterocycles. The summed E-state index contributed by atoms with van der Waals surface area (Å²) in [5.74, 6) is -0.928. The van der Waals surface area contributed by atoms with Crippen LogP contribution in [0.5, 0.6) is 5.75 Å². The molecule has 1 heterocycles. The van der Waals surface area contributed by atoms with Gasteiger partial charge in [0.25, 0.3) is 5.91 Å². The van der Waals surface area contributed by atoms with Crippen LogP contribution >= 0.6 is 0 Å². The van der Waals surface area contributed by atoms with Crippen LogP contribution in [-0.2, 0) is 14.4 Å². The van der Waals surface area contributed by atoms with Crippen molar-refractivity contribution in [2.75, 3.05) is 18.1 Å². The van der Waals surface area contributed by atoms with Gasteiger partial charge in [0.15, 0.2) is 6.61 Å². The second kappa shape index (κ2) is 8.56. The predicted molar refractivity (Wildman–Crippen MR) is 105 cm³/mol. The summed E-state index contributed by atoms with van der Waals surface area (Å²) in [6.07, 6.45) is 0.107. The second-order valence-electron chi connectivity index (χ2n) is 6.88. The second-order valence-corrected chi connectivity index (χ2v) is 6.88. The molecule has 0 radical (unpaired) electrons. The van der Waals surface area contributed by atoms with Gasteiger partial charge in [0, 0.05) is 18.7 Å². The molecule has 3 rings (SSSR count). The summed E-state index contributed by atoms with van der Waals surface area (Å²) >= 11 is 0. The first-order valence-corrected chi connectivity index (χ1v) is 9.07. The number of hydrogen-bond donors (Lipinski definition) is 2. The Kier molecular flexibility index (Phi) is 5.93. The zero-order valence-electron chi connectivity index (χ0n) is 15.9. The van der Waals surface area contributed by atoms with Gasteiger partial charge in [-0.3, -0.25) is 25.2 Å². The zero-order chi connectivity index (χ0) is 20.1. The molecule has 2 aromatic carbocycles. The predicted octanol–water partition coefficient (Wildman–Crippen LogP) is 1.88. The van der Waals surface area contributed by atoms with E-state index in [4.69, 9.17) is 4.74 Å². The van der Waals surface area contributed by atoms with Crippen molar-refractivity contribution in [3.63, 3.8) is 0 Å². The number of nitrogens with zero attached hydrogens (tertiary/aromatic N) is 1. The molecule has 1 unspecified atom stereocenters. The highest BCUT2D eigenvalue weighted by atomic mass is 16.5. The Labute approximate surface area is 163 Å². The average molecular weight is 381 g/mol. The zero-order valence-corrected chi connectivity index (χ0v) is 15.9. The minimum atomic E-state index is -0.521. The third-order valence-corrected chi connectivity index (χ3v) is 4.53. The SMILES string of the molecule is Cc1ccc(N2CC(C(=O)NNC(=O)COc3cccc(C)c3)CC2=O)cc1. The van der Waals surface area contributed by atoms with E-state index >= 15 is 0 Å². The lowest BCUT2D eigenvalue weighted by molar-refractivity contribution is -0.132. The average Bonchev–Trinajstić information content (AvgIpc) is 3.07. The van der Waals surface area contributed by atoms with Gasteiger partial charge in [-0.2, -0.15) is 0 Å². The molecule has 146 valence electrons. The number of carbonyl (C=O) groups is 3. The molecule has 1 atom stereocenters. The summed E-state index contributed by atoms with van der Waals surface area (Å²) in [6, 6.07) is 14.9. The van der Waals surface area contributed by atoms with E-state index in [0.29, 0.717) is 5.75 Å². The topological polar surface area (TPSA) is 87.7 Å². The van der Waals surface area contributed by atoms with Crippen molar-refractivity contribution in [1.29, 1.82) is 0 Å². The molecule has 3 amide bonds. The summed E-state index contributed by atoms with van der Waals surface area (Å²) in [6.45, 7) is 3.96. The number of hydrogen-bond acceptors (Lipinski definition) is 4. The molecule has 7 nitrogen and oxygen atoms in total. The maximum atomic E-state index is 12.3. The Morgan fingerprint density at radius 2 is 1.82 bits per heavy atom. The van der Waals surface area contributed by atoms with Crippen molar-refractivity contribution in [3.8, 4) is 5.75 Å². The van der Waals surface area contributed by atoms with Crippen LogP contribution in [0.2, 0.25) is 0 Å². The molecule has 7 heteroatoms. The molecule has 2 N–H and O–H groups in total. The summed E-state index contributed by atoms with van der Waals surface area (Å²) in [5, 5.41) is 0. The molecule has 0 aromatic heterocycles. The Bertz CT molecular complexity index is 879. The number of ether oxygens (including phenoxy) is 1. The van der Waals surface area contributed by atoms with Gasteiger partial charge in [0.1, 0.15) is 5.75 Å². The molecule has 1 fully saturated rings. The number of hydrazine groups is 1. The van der Waals surface area contributed by atoms with Crippen LogP contribution < -0.4 is 20.5 Å². The number of amides is 3. The smallest absolute Gasteiger partial charge is 0.276 e. The van der Waals surface area contributed by atoms with E-state index in [1.54, 1.807) is 11.0 Å². The number of rotatable bonds is 5. The Balaban J connectivity index is 1.46. The molecule has 0 spiro atoms. The Morgan fingerprint density at radius 3 is 2.54 bits per heavy atom. The molecule has 1 aliphatic rings. The van der Waals surface area contributed by atoms with E-state index in [-0.39, 0.29) is 25.5 Å². The lowest BCUT2D eigenvalue weighted by Gasteiger charge is -2.17. The van der Waals surface area contributed by atoms with E-state index in [2.05, 4.69) is 10.9 Å². The highest BCUT2D eigenvalue weighted by Gasteiger charge is 2.35. The lowest BCUT2D eigenvalue weighted by atomic mass is 10.1. The number of nitrogens with one attached hydrogen (secondary N) is 2. The maximum absolute atomic E-state index is 12.3. The van der Waals surface area contributed by atoms with Gasteiger partial charge >= 0.3 is 0 Å². The standard InChI is InChI=1S/C21H23N3O4/c1-14-6-8-17(9-7-14)24-12-16(11-20(24)26)21(27)23-22-19(25)13-28-18-5-3-4-15(2)10-18/h3-10,16H,11-13H2,1-2H3,(H,22,25)(H,23,27). The van der Waals surface area contributed by atoms with Gasteiger partial charge in [0.2, 0.25) is 11.8 Å². The van der Waals surface area contributed by atoms with Gasteiger partial charge in [-0.15, -0.1) is 0 Å². The van der Waals surface area contributed by atoms with E-state index < -0.39 is 17.7 Å². The minimum Gasteiger partial charge on any atom is -0.484 e. The normalized spacial score (nSPS) is 16.0. The van der Waals surface area contributed by atoms with E-state index in [0.717, 1.165) is 16.8 Å². The fraction of sp³-hybridized carbons (Fsp3) is 0.286. The van der Waals surface area contributed by atoms with Crippen LogP contribution in [-0.4, -0.2) is 30.9 Å². The third kappa shape index (κ3) is 4.88. The molecule has 2 aromatic rings. The summed E-state index contributed by atoms with van der Waals surface area (Å²) in [5.41, 5.74) is 7.59. The monoisotopic (exact) mass is 381 g/mol. The molecule has 1 saturated heterocycles. The molecule has 28 heavy (non-hydrogen) atoms. The summed E-state index contributed by atoms with van der Waals surface area (Å²) < 4.78 is 5.38. The van der Waals surface area contributed by atoms with Gasteiger partial charge in [-0.1, -0.05) is 29.8 Å². The van der Waals surface area contributed by atoms with Crippen LogP contribution in [0.25, 0.3) is 0 Å². The van der Waals surface area contributed by atoms with Crippen molar-refractivity contribution in [1.82, 2.24) is 10.9 Å². The van der Waals surface area contributed by atoms with E-state index in [1.165, 1.54) is 0 Å². The van der Waals surface area contributed by atoms with Gasteiger partial charge in [-0.05, 0) is 43.7 Å². The van der Waals surface area contributed by atoms with Crippen LogP contribution in [0.4, 0.5) is 5.69 Å². The quantitative estimate of drug-likeness (QED) is 0.774. The van der Waals surface area contributed by atoms with Crippen molar-refractivity contribution in [2.45, 2.75) is 20.3 Å². The number of anilines is 1. The van der Waals surface area contributed by atoms with Crippen LogP contribution in [0.15, 0.2) is 48.5 Å². The third-order valence-electron chi connectivity index (χ3n) is 4.53. The van der Waals surface area contributed by atoms with E-state index in [9.17, 15) is 14.4 Å². The Morgan fingerprint density at radius 1 is 1.07 bits per heavy atom. The molecule has 0 aliphatic carbocycles.